The van der Waals surface area contributed by atoms with Crippen LogP contribution in [-0.2, 0) is 13.4 Å². The van der Waals surface area contributed by atoms with E-state index in [4.69, 9.17) is 7.16 Å². The van der Waals surface area contributed by atoms with Gasteiger partial charge in [-0.2, -0.15) is 5.26 Å². The second-order valence-corrected chi connectivity index (χ2v) is 8.99. The highest BCUT2D eigenvalue weighted by Gasteiger charge is 2.23. The third kappa shape index (κ3) is 3.01. The van der Waals surface area contributed by atoms with Gasteiger partial charge in [0.25, 0.3) is 0 Å². The molecule has 0 bridgehead atoms. The van der Waals surface area contributed by atoms with Crippen molar-refractivity contribution in [1.82, 2.24) is 0 Å². The van der Waals surface area contributed by atoms with Gasteiger partial charge in [-0.05, 0) is 60.7 Å². The number of nitrogens with zero attached hydrogens (tertiary/aromatic N) is 3. The summed E-state index contributed by atoms with van der Waals surface area (Å²) in [4.78, 5) is 2.09. The van der Waals surface area contributed by atoms with Gasteiger partial charge in [0.2, 0.25) is 5.69 Å². The van der Waals surface area contributed by atoms with E-state index in [-0.39, 0.29) is 0 Å². The minimum absolute atomic E-state index is 0.456. The lowest BCUT2D eigenvalue weighted by atomic mass is 9.93. The Morgan fingerprint density at radius 3 is 2.62 bits per heavy atom. The highest BCUT2D eigenvalue weighted by atomic mass is 16.3. The lowest BCUT2D eigenvalue weighted by molar-refractivity contribution is -0.660. The number of hydrogen-bond donors (Lipinski definition) is 0. The number of aromatic nitrogens is 1. The number of nitriles is 1. The van der Waals surface area contributed by atoms with Gasteiger partial charge >= 0.3 is 0 Å². The molecule has 0 unspecified atom stereocenters. The molecule has 0 radical (unpaired) electrons. The molecule has 2 aromatic heterocycles. The maximum atomic E-state index is 10.0. The molecule has 6 rings (SSSR count). The first-order valence-electron chi connectivity index (χ1n) is 12.5. The molecule has 1 aliphatic rings. The molecule has 4 nitrogen and oxygen atoms in total. The predicted molar refractivity (Wildman–Crippen MR) is 137 cm³/mol. The van der Waals surface area contributed by atoms with Crippen molar-refractivity contribution in [2.75, 3.05) is 18.5 Å². The Hall–Kier alpha value is -4.10. The Morgan fingerprint density at radius 1 is 1.03 bits per heavy atom. The van der Waals surface area contributed by atoms with Crippen LogP contribution in [0, 0.1) is 18.3 Å². The molecule has 0 fully saturated rings. The van der Waals surface area contributed by atoms with Gasteiger partial charge in [-0.3, -0.25) is 0 Å². The second kappa shape index (κ2) is 7.74. The number of rotatable bonds is 2. The summed E-state index contributed by atoms with van der Waals surface area (Å²) in [6.07, 6.45) is 1.11. The Morgan fingerprint density at radius 2 is 1.82 bits per heavy atom. The SMILES string of the molecule is [2H]C1([2H])CCN(C)c2cc(-c3c(C#N)ccc4c3oc3c(-c5cccc[n+]5C)c(C)ccc34)ccc21. The summed E-state index contributed by atoms with van der Waals surface area (Å²) in [5.41, 5.74) is 8.35. The minimum atomic E-state index is -1.37. The zero-order chi connectivity index (χ0) is 25.2. The summed E-state index contributed by atoms with van der Waals surface area (Å²) in [5.74, 6) is 0. The van der Waals surface area contributed by atoms with E-state index in [9.17, 15) is 5.26 Å². The average Bonchev–Trinajstić information content (AvgIpc) is 3.25. The van der Waals surface area contributed by atoms with E-state index in [2.05, 4.69) is 40.7 Å². The minimum Gasteiger partial charge on any atom is -0.454 e. The Kier molecular flexibility index (Phi) is 4.18. The van der Waals surface area contributed by atoms with Gasteiger partial charge < -0.3 is 9.32 Å². The number of aryl methyl sites for hydroxylation is 3. The molecule has 0 saturated carbocycles. The third-order valence-corrected chi connectivity index (χ3v) is 6.91. The smallest absolute Gasteiger partial charge is 0.216 e. The van der Waals surface area contributed by atoms with Crippen molar-refractivity contribution >= 4 is 27.6 Å². The molecule has 3 heterocycles. The van der Waals surface area contributed by atoms with Crippen LogP contribution in [-0.4, -0.2) is 13.6 Å². The van der Waals surface area contributed by atoms with E-state index in [1.54, 1.807) is 0 Å². The number of benzene rings is 3. The quantitative estimate of drug-likeness (QED) is 0.299. The number of furan rings is 1. The van der Waals surface area contributed by atoms with Gasteiger partial charge in [-0.15, -0.1) is 0 Å². The first kappa shape index (κ1) is 18.3. The van der Waals surface area contributed by atoms with Crippen LogP contribution in [0.1, 0.15) is 25.9 Å². The fourth-order valence-electron chi connectivity index (χ4n) is 5.11. The van der Waals surface area contributed by atoms with Crippen molar-refractivity contribution in [3.05, 3.63) is 83.6 Å². The summed E-state index contributed by atoms with van der Waals surface area (Å²) in [6, 6.07) is 22.3. The molecule has 0 spiro atoms. The van der Waals surface area contributed by atoms with Crippen molar-refractivity contribution in [2.45, 2.75) is 19.7 Å². The van der Waals surface area contributed by atoms with Gasteiger partial charge in [-0.25, -0.2) is 4.57 Å². The van der Waals surface area contributed by atoms with E-state index in [1.165, 1.54) is 0 Å². The fraction of sp³-hybridized carbons (Fsp3) is 0.200. The summed E-state index contributed by atoms with van der Waals surface area (Å²) in [5, 5.41) is 12.0. The van der Waals surface area contributed by atoms with E-state index >= 15 is 0 Å². The fourth-order valence-corrected chi connectivity index (χ4v) is 5.11. The largest absolute Gasteiger partial charge is 0.454 e. The number of anilines is 1. The van der Waals surface area contributed by atoms with Crippen molar-refractivity contribution in [3.8, 4) is 28.5 Å². The van der Waals surface area contributed by atoms with Crippen LogP contribution in [0.4, 0.5) is 5.69 Å². The molecule has 0 N–H and O–H groups in total. The second-order valence-electron chi connectivity index (χ2n) is 8.99. The van der Waals surface area contributed by atoms with Gasteiger partial charge in [0.1, 0.15) is 18.2 Å². The molecule has 166 valence electrons. The lowest BCUT2D eigenvalue weighted by Gasteiger charge is -2.28. The molecule has 0 atom stereocenters. The molecular formula is C30H26N3O+. The van der Waals surface area contributed by atoms with E-state index in [1.807, 2.05) is 62.8 Å². The highest BCUT2D eigenvalue weighted by molar-refractivity contribution is 6.14. The van der Waals surface area contributed by atoms with Crippen LogP contribution in [0.5, 0.6) is 0 Å². The number of fused-ring (bicyclic) bond motifs is 4. The summed E-state index contributed by atoms with van der Waals surface area (Å²) < 4.78 is 25.7. The van der Waals surface area contributed by atoms with Crippen LogP contribution in [0.3, 0.4) is 0 Å². The maximum Gasteiger partial charge on any atom is 0.216 e. The lowest BCUT2D eigenvalue weighted by Crippen LogP contribution is -2.30. The van der Waals surface area contributed by atoms with Crippen LogP contribution < -0.4 is 9.47 Å². The standard InChI is InChI=1S/C30H26N3O/c1-19-9-13-23-24-14-12-22(18-31)28(21-11-10-20-7-6-16-33(3)26(20)17-21)30(24)34-29(23)27(19)25-8-4-5-15-32(25)2/h4-5,8-15,17H,6-7,16H2,1-3H3/q+1/i7D2. The molecule has 0 amide bonds. The zero-order valence-electron chi connectivity index (χ0n) is 21.5. The van der Waals surface area contributed by atoms with Gasteiger partial charge in [0, 0.05) is 50.5 Å². The van der Waals surface area contributed by atoms with Crippen molar-refractivity contribution in [2.24, 2.45) is 7.05 Å². The van der Waals surface area contributed by atoms with Gasteiger partial charge in [0.05, 0.1) is 17.2 Å². The molecule has 3 aromatic carbocycles. The molecule has 1 aliphatic heterocycles. The van der Waals surface area contributed by atoms with Gasteiger partial charge in [-0.1, -0.05) is 24.3 Å². The first-order chi connectivity index (χ1) is 17.3. The summed E-state index contributed by atoms with van der Waals surface area (Å²) >= 11 is 0. The molecule has 4 heteroatoms. The van der Waals surface area contributed by atoms with E-state index in [0.29, 0.717) is 29.7 Å². The van der Waals surface area contributed by atoms with Crippen LogP contribution in [0.15, 0.2) is 71.3 Å². The molecule has 0 aliphatic carbocycles. The Bertz CT molecular complexity index is 1730. The Labute approximate surface area is 202 Å². The van der Waals surface area contributed by atoms with Gasteiger partial charge in [0.15, 0.2) is 6.20 Å². The topological polar surface area (TPSA) is 44.1 Å². The first-order valence-corrected chi connectivity index (χ1v) is 11.5. The third-order valence-electron chi connectivity index (χ3n) is 6.91. The molecular weight excluding hydrogens is 418 g/mol. The summed E-state index contributed by atoms with van der Waals surface area (Å²) in [7, 11) is 4.01. The van der Waals surface area contributed by atoms with Crippen LogP contribution in [0.25, 0.3) is 44.3 Å². The number of pyridine rings is 1. The molecule has 34 heavy (non-hydrogen) atoms. The zero-order valence-corrected chi connectivity index (χ0v) is 19.5. The van der Waals surface area contributed by atoms with Crippen molar-refractivity contribution in [1.29, 1.82) is 5.26 Å². The average molecular weight is 447 g/mol. The number of hydrogen-bond acceptors (Lipinski definition) is 3. The molecule has 0 saturated heterocycles. The van der Waals surface area contributed by atoms with Crippen molar-refractivity contribution < 1.29 is 11.7 Å². The van der Waals surface area contributed by atoms with Crippen LogP contribution in [0.2, 0.25) is 0 Å². The Balaban J connectivity index is 1.67. The van der Waals surface area contributed by atoms with Crippen molar-refractivity contribution in [3.63, 3.8) is 0 Å². The highest BCUT2D eigenvalue weighted by Crippen LogP contribution is 2.43. The van der Waals surface area contributed by atoms with E-state index in [0.717, 1.165) is 50.0 Å². The normalized spacial score (nSPS) is 15.6. The van der Waals surface area contributed by atoms with E-state index < -0.39 is 6.37 Å². The van der Waals surface area contributed by atoms with Crippen LogP contribution >= 0.6 is 0 Å². The molecule has 5 aromatic rings. The monoisotopic (exact) mass is 446 g/mol. The maximum absolute atomic E-state index is 10.0. The summed E-state index contributed by atoms with van der Waals surface area (Å²) in [6.45, 7) is 2.73. The predicted octanol–water partition coefficient (Wildman–Crippen LogP) is 6.31.